The van der Waals surface area contributed by atoms with Gasteiger partial charge in [0.15, 0.2) is 0 Å². The van der Waals surface area contributed by atoms with E-state index < -0.39 is 0 Å². The van der Waals surface area contributed by atoms with Gasteiger partial charge in [-0.2, -0.15) is 0 Å². The van der Waals surface area contributed by atoms with Crippen LogP contribution in [0.1, 0.15) is 11.1 Å². The Morgan fingerprint density at radius 2 is 2.00 bits per heavy atom. The van der Waals surface area contributed by atoms with Crippen LogP contribution in [0.4, 0.5) is 0 Å². The van der Waals surface area contributed by atoms with E-state index >= 15 is 0 Å². The van der Waals surface area contributed by atoms with Gasteiger partial charge in [0, 0.05) is 6.42 Å². The third kappa shape index (κ3) is 3.51. The van der Waals surface area contributed by atoms with E-state index in [4.69, 9.17) is 0 Å². The molecule has 0 nitrogen and oxygen atoms in total. The molecule has 0 saturated heterocycles. The van der Waals surface area contributed by atoms with Crippen molar-refractivity contribution < 1.29 is 0 Å². The minimum absolute atomic E-state index is 0.884. The molecule has 68 valence electrons. The molecule has 0 aliphatic heterocycles. The molecule has 0 aliphatic rings. The Morgan fingerprint density at radius 3 is 2.54 bits per heavy atom. The zero-order chi connectivity index (χ0) is 9.68. The van der Waals surface area contributed by atoms with Crippen molar-refractivity contribution in [1.29, 1.82) is 0 Å². The summed E-state index contributed by atoms with van der Waals surface area (Å²) in [5.41, 5.74) is 2.57. The molecule has 0 atom stereocenters. The topological polar surface area (TPSA) is 0 Å². The van der Waals surface area contributed by atoms with Gasteiger partial charge < -0.3 is 0 Å². The van der Waals surface area contributed by atoms with Crippen molar-refractivity contribution in [2.24, 2.45) is 0 Å². The van der Waals surface area contributed by atoms with E-state index in [1.807, 2.05) is 6.08 Å². The number of aryl methyl sites for hydroxylation is 1. The van der Waals surface area contributed by atoms with Gasteiger partial charge >= 0.3 is 0 Å². The molecule has 0 spiro atoms. The minimum Gasteiger partial charge on any atom is -0.148 e. The van der Waals surface area contributed by atoms with E-state index in [9.17, 15) is 0 Å². The van der Waals surface area contributed by atoms with Crippen molar-refractivity contribution in [3.8, 4) is 0 Å². The first kappa shape index (κ1) is 10.1. The van der Waals surface area contributed by atoms with Gasteiger partial charge in [-0.25, -0.2) is 0 Å². The molecular formula is C12H14S. The lowest BCUT2D eigenvalue weighted by atomic mass is 10.1. The number of allylic oxidation sites excluding steroid dienone is 3. The first-order chi connectivity index (χ1) is 6.22. The second-order valence-electron chi connectivity index (χ2n) is 3.06. The normalized spacial score (nSPS) is 11.4. The summed E-state index contributed by atoms with van der Waals surface area (Å²) in [5, 5.41) is 0. The van der Waals surface area contributed by atoms with Crippen LogP contribution in [0, 0.1) is 6.92 Å². The van der Waals surface area contributed by atoms with Crippen LogP contribution in [0.2, 0.25) is 0 Å². The Morgan fingerprint density at radius 1 is 1.38 bits per heavy atom. The van der Waals surface area contributed by atoms with Crippen molar-refractivity contribution in [3.05, 3.63) is 59.0 Å². The fraction of sp³-hybridized carbons (Fsp3) is 0.167. The van der Waals surface area contributed by atoms with Crippen LogP contribution in [0.5, 0.6) is 0 Å². The molecule has 1 rings (SSSR count). The smallest absolute Gasteiger partial charge is 0.00318 e. The molecule has 1 aromatic carbocycles. The van der Waals surface area contributed by atoms with Gasteiger partial charge in [0.2, 0.25) is 0 Å². The van der Waals surface area contributed by atoms with E-state index in [0.29, 0.717) is 0 Å². The highest BCUT2D eigenvalue weighted by Crippen LogP contribution is 2.11. The largest absolute Gasteiger partial charge is 0.148 e. The second kappa shape index (κ2) is 4.93. The van der Waals surface area contributed by atoms with Crippen LogP contribution in [0.25, 0.3) is 0 Å². The van der Waals surface area contributed by atoms with Crippen LogP contribution in [-0.2, 0) is 6.42 Å². The molecule has 0 heterocycles. The van der Waals surface area contributed by atoms with Crippen molar-refractivity contribution in [1.82, 2.24) is 0 Å². The van der Waals surface area contributed by atoms with E-state index in [2.05, 4.69) is 50.4 Å². The number of thiol groups is 1. The highest BCUT2D eigenvalue weighted by atomic mass is 32.1. The Bertz CT molecular complexity index is 306. The van der Waals surface area contributed by atoms with Crippen LogP contribution in [0.3, 0.4) is 0 Å². The lowest BCUT2D eigenvalue weighted by Gasteiger charge is -2.00. The molecule has 0 aromatic heterocycles. The molecule has 1 aromatic rings. The second-order valence-corrected chi connectivity index (χ2v) is 3.63. The minimum atomic E-state index is 0.884. The van der Waals surface area contributed by atoms with Gasteiger partial charge in [-0.1, -0.05) is 48.6 Å². The van der Waals surface area contributed by atoms with Gasteiger partial charge in [-0.05, 0) is 17.4 Å². The van der Waals surface area contributed by atoms with E-state index in [0.717, 1.165) is 11.3 Å². The maximum Gasteiger partial charge on any atom is 0.00318 e. The lowest BCUT2D eigenvalue weighted by Crippen LogP contribution is -1.84. The monoisotopic (exact) mass is 190 g/mol. The summed E-state index contributed by atoms with van der Waals surface area (Å²) < 4.78 is 0. The first-order valence-corrected chi connectivity index (χ1v) is 4.73. The Balaban J connectivity index is 2.69. The molecule has 0 saturated carbocycles. The molecular weight excluding hydrogens is 176 g/mol. The van der Waals surface area contributed by atoms with Gasteiger partial charge in [0.1, 0.15) is 0 Å². The summed E-state index contributed by atoms with van der Waals surface area (Å²) in [6, 6.07) is 8.49. The van der Waals surface area contributed by atoms with E-state index in [1.54, 1.807) is 6.08 Å². The fourth-order valence-electron chi connectivity index (χ4n) is 1.11. The van der Waals surface area contributed by atoms with Crippen LogP contribution >= 0.6 is 12.6 Å². The molecule has 0 bridgehead atoms. The summed E-state index contributed by atoms with van der Waals surface area (Å²) in [6.07, 6.45) is 4.56. The molecule has 0 radical (unpaired) electrons. The third-order valence-electron chi connectivity index (χ3n) is 1.82. The fourth-order valence-corrected chi connectivity index (χ4v) is 1.40. The quantitative estimate of drug-likeness (QED) is 0.547. The molecule has 0 fully saturated rings. The molecule has 0 amide bonds. The number of benzene rings is 1. The van der Waals surface area contributed by atoms with Crippen LogP contribution in [-0.4, -0.2) is 0 Å². The third-order valence-corrected chi connectivity index (χ3v) is 2.12. The van der Waals surface area contributed by atoms with Crippen molar-refractivity contribution in [3.63, 3.8) is 0 Å². The highest BCUT2D eigenvalue weighted by Gasteiger charge is 1.93. The van der Waals surface area contributed by atoms with Crippen molar-refractivity contribution in [2.45, 2.75) is 13.3 Å². The molecule has 0 unspecified atom stereocenters. The Kier molecular flexibility index (Phi) is 3.84. The average Bonchev–Trinajstić information content (AvgIpc) is 2.09. The number of hydrogen-bond acceptors (Lipinski definition) is 1. The summed E-state index contributed by atoms with van der Waals surface area (Å²) in [5.74, 6) is 0. The predicted molar refractivity (Wildman–Crippen MR) is 62.1 cm³/mol. The van der Waals surface area contributed by atoms with Gasteiger partial charge in [-0.15, -0.1) is 12.6 Å². The SMILES string of the molecule is C=C/C=C(\S)Cc1ccc(C)cc1. The summed E-state index contributed by atoms with van der Waals surface area (Å²) >= 11 is 4.34. The molecule has 1 heteroatoms. The maximum atomic E-state index is 4.34. The maximum absolute atomic E-state index is 4.34. The van der Waals surface area contributed by atoms with Crippen molar-refractivity contribution >= 4 is 12.6 Å². The average molecular weight is 190 g/mol. The zero-order valence-corrected chi connectivity index (χ0v) is 8.72. The molecule has 0 N–H and O–H groups in total. The van der Waals surface area contributed by atoms with Crippen molar-refractivity contribution in [2.75, 3.05) is 0 Å². The Labute approximate surface area is 85.4 Å². The van der Waals surface area contributed by atoms with E-state index in [1.165, 1.54) is 11.1 Å². The van der Waals surface area contributed by atoms with Crippen LogP contribution < -0.4 is 0 Å². The Hall–Kier alpha value is -0.950. The predicted octanol–water partition coefficient (Wildman–Crippen LogP) is 3.54. The summed E-state index contributed by atoms with van der Waals surface area (Å²) in [6.45, 7) is 5.72. The molecule has 13 heavy (non-hydrogen) atoms. The summed E-state index contributed by atoms with van der Waals surface area (Å²) in [7, 11) is 0. The number of rotatable bonds is 3. The summed E-state index contributed by atoms with van der Waals surface area (Å²) in [4.78, 5) is 1.04. The number of hydrogen-bond donors (Lipinski definition) is 1. The highest BCUT2D eigenvalue weighted by molar-refractivity contribution is 7.84. The molecule has 0 aliphatic carbocycles. The van der Waals surface area contributed by atoms with Gasteiger partial charge in [-0.3, -0.25) is 0 Å². The standard InChI is InChI=1S/C12H14S/c1-3-4-12(13)9-11-7-5-10(2)6-8-11/h3-8,13H,1,9H2,2H3/b12-4-. The van der Waals surface area contributed by atoms with E-state index in [-0.39, 0.29) is 0 Å². The lowest BCUT2D eigenvalue weighted by molar-refractivity contribution is 1.24. The zero-order valence-electron chi connectivity index (χ0n) is 7.83. The van der Waals surface area contributed by atoms with Gasteiger partial charge in [0.25, 0.3) is 0 Å². The van der Waals surface area contributed by atoms with Crippen LogP contribution in [0.15, 0.2) is 47.9 Å². The van der Waals surface area contributed by atoms with Gasteiger partial charge in [0.05, 0.1) is 0 Å². The first-order valence-electron chi connectivity index (χ1n) is 4.28.